The van der Waals surface area contributed by atoms with Gasteiger partial charge in [0, 0.05) is 13.7 Å². The van der Waals surface area contributed by atoms with E-state index in [1.807, 2.05) is 33.8 Å². The van der Waals surface area contributed by atoms with Crippen LogP contribution in [0.2, 0.25) is 0 Å². The number of carbonyl (C=O) groups is 1. The third-order valence-electron chi connectivity index (χ3n) is 7.52. The van der Waals surface area contributed by atoms with Crippen molar-refractivity contribution in [2.75, 3.05) is 26.9 Å². The van der Waals surface area contributed by atoms with Crippen molar-refractivity contribution in [1.29, 1.82) is 0 Å². The standard InChI is InChI=1S/C33H55N2O7PS/c1-3-4-5-6-7-8-9-10-11-12-13-14-15-16-17-20-23-34-33(36)40-27-31(39-2)28-41-43(37,38)42-32-22-19-18-21-30(32)26-35-24-25-44-29-35/h18-19,21-22,24-25,29,31H,3-17,20,23,26-28H2,1-2H3,(H-,34,36,37,38)/p+1. The molecular weight excluding hydrogens is 599 g/mol. The largest absolute Gasteiger partial charge is 0.527 e. The fraction of sp³-hybridized carbons (Fsp3) is 0.697. The second kappa shape index (κ2) is 24.3. The number of ether oxygens (including phenoxy) is 2. The van der Waals surface area contributed by atoms with Crippen LogP contribution in [0.25, 0.3) is 0 Å². The molecule has 250 valence electrons. The van der Waals surface area contributed by atoms with Crippen LogP contribution < -0.4 is 14.4 Å². The Morgan fingerprint density at radius 2 is 1.50 bits per heavy atom. The number of unbranched alkanes of at least 4 members (excludes halogenated alkanes) is 15. The zero-order valence-electron chi connectivity index (χ0n) is 27.0. The molecule has 1 aromatic heterocycles. The Kier molecular flexibility index (Phi) is 21.1. The third-order valence-corrected chi connectivity index (χ3v) is 9.10. The molecule has 0 aliphatic heterocycles. The smallest absolute Gasteiger partial charge is 0.447 e. The number of phosphoric acid groups is 1. The highest BCUT2D eigenvalue weighted by Crippen LogP contribution is 2.45. The van der Waals surface area contributed by atoms with E-state index in [0.29, 0.717) is 13.1 Å². The second-order valence-electron chi connectivity index (χ2n) is 11.3. The van der Waals surface area contributed by atoms with Crippen LogP contribution in [0.4, 0.5) is 4.79 Å². The Bertz CT molecular complexity index is 1040. The Morgan fingerprint density at radius 3 is 2.07 bits per heavy atom. The van der Waals surface area contributed by atoms with Crippen molar-refractivity contribution in [3.8, 4) is 5.75 Å². The molecule has 0 saturated heterocycles. The summed E-state index contributed by atoms with van der Waals surface area (Å²) in [7, 11) is -3.02. The summed E-state index contributed by atoms with van der Waals surface area (Å²) in [5.41, 5.74) is 2.67. The summed E-state index contributed by atoms with van der Waals surface area (Å²) in [5, 5.41) is 4.70. The molecule has 2 atom stereocenters. The Balaban J connectivity index is 1.47. The number of nitrogens with zero attached hydrogens (tertiary/aromatic N) is 1. The van der Waals surface area contributed by atoms with Crippen molar-refractivity contribution < 1.29 is 37.3 Å². The van der Waals surface area contributed by atoms with Crippen LogP contribution >= 0.6 is 19.2 Å². The first-order valence-electron chi connectivity index (χ1n) is 16.5. The lowest BCUT2D eigenvalue weighted by atomic mass is 10.0. The fourth-order valence-electron chi connectivity index (χ4n) is 4.87. The summed E-state index contributed by atoms with van der Waals surface area (Å²) in [6.07, 6.45) is 21.5. The molecule has 9 nitrogen and oxygen atoms in total. The predicted molar refractivity (Wildman–Crippen MR) is 176 cm³/mol. The van der Waals surface area contributed by atoms with Crippen molar-refractivity contribution >= 4 is 25.3 Å². The van der Waals surface area contributed by atoms with Gasteiger partial charge in [-0.3, -0.25) is 9.42 Å². The lowest BCUT2D eigenvalue weighted by Gasteiger charge is -2.19. The average Bonchev–Trinajstić information content (AvgIpc) is 3.53. The number of methoxy groups -OCH3 is 1. The van der Waals surface area contributed by atoms with Gasteiger partial charge in [-0.25, -0.2) is 9.36 Å². The zero-order chi connectivity index (χ0) is 31.7. The van der Waals surface area contributed by atoms with E-state index in [-0.39, 0.29) is 19.0 Å². The molecule has 0 radical (unpaired) electrons. The van der Waals surface area contributed by atoms with Crippen LogP contribution in [-0.4, -0.2) is 44.0 Å². The Hall–Kier alpha value is -1.97. The maximum Gasteiger partial charge on any atom is 0.527 e. The minimum absolute atomic E-state index is 0.118. The molecule has 44 heavy (non-hydrogen) atoms. The maximum absolute atomic E-state index is 12.6. The van der Waals surface area contributed by atoms with Gasteiger partial charge in [0.05, 0.1) is 17.6 Å². The Morgan fingerprint density at radius 1 is 0.909 bits per heavy atom. The van der Waals surface area contributed by atoms with Crippen LogP contribution in [0.5, 0.6) is 5.75 Å². The quantitative estimate of drug-likeness (QED) is 0.0564. The van der Waals surface area contributed by atoms with E-state index in [4.69, 9.17) is 18.5 Å². The number of rotatable bonds is 27. The van der Waals surface area contributed by atoms with Crippen LogP contribution in [-0.2, 0) is 25.1 Å². The molecule has 2 aromatic rings. The number of thiazole rings is 1. The summed E-state index contributed by atoms with van der Waals surface area (Å²) < 4.78 is 35.5. The van der Waals surface area contributed by atoms with E-state index in [1.165, 1.54) is 97.0 Å². The van der Waals surface area contributed by atoms with Gasteiger partial charge in [-0.1, -0.05) is 127 Å². The summed E-state index contributed by atoms with van der Waals surface area (Å²) in [5.74, 6) is 0.260. The van der Waals surface area contributed by atoms with E-state index < -0.39 is 20.0 Å². The average molecular weight is 656 g/mol. The van der Waals surface area contributed by atoms with Crippen molar-refractivity contribution in [2.24, 2.45) is 0 Å². The molecule has 2 rings (SSSR count). The maximum atomic E-state index is 12.6. The number of nitrogens with one attached hydrogen (secondary N) is 1. The normalized spacial score (nSPS) is 13.3. The minimum atomic E-state index is -4.44. The lowest BCUT2D eigenvalue weighted by molar-refractivity contribution is -0.683. The molecule has 2 unspecified atom stereocenters. The van der Waals surface area contributed by atoms with Crippen LogP contribution in [0.3, 0.4) is 0 Å². The monoisotopic (exact) mass is 655 g/mol. The number of amides is 1. The van der Waals surface area contributed by atoms with Crippen LogP contribution in [0.15, 0.2) is 41.4 Å². The molecule has 0 bridgehead atoms. The Labute approximate surface area is 269 Å². The molecule has 0 fully saturated rings. The van der Waals surface area contributed by atoms with Gasteiger partial charge >= 0.3 is 13.9 Å². The molecule has 1 amide bonds. The van der Waals surface area contributed by atoms with Gasteiger partial charge in [0.25, 0.3) is 0 Å². The van der Waals surface area contributed by atoms with E-state index in [0.717, 1.165) is 18.4 Å². The van der Waals surface area contributed by atoms with E-state index in [9.17, 15) is 14.3 Å². The van der Waals surface area contributed by atoms with E-state index in [2.05, 4.69) is 12.2 Å². The number of benzene rings is 1. The SMILES string of the molecule is CCCCCCCCCCCCCCCCCCNC(=O)OCC(COP(=O)(O)Oc1ccccc1C[n+]1ccsc1)OC. The molecule has 0 aliphatic rings. The summed E-state index contributed by atoms with van der Waals surface area (Å²) in [6.45, 7) is 2.91. The molecule has 1 aromatic carbocycles. The van der Waals surface area contributed by atoms with Gasteiger partial charge in [0.1, 0.15) is 18.5 Å². The van der Waals surface area contributed by atoms with Gasteiger partial charge in [0.2, 0.25) is 5.51 Å². The predicted octanol–water partition coefficient (Wildman–Crippen LogP) is 8.58. The van der Waals surface area contributed by atoms with Gasteiger partial charge in [-0.05, 0) is 18.6 Å². The molecule has 2 N–H and O–H groups in total. The van der Waals surface area contributed by atoms with Crippen molar-refractivity contribution in [2.45, 2.75) is 122 Å². The van der Waals surface area contributed by atoms with Gasteiger partial charge in [-0.2, -0.15) is 4.57 Å². The first kappa shape index (κ1) is 38.2. The van der Waals surface area contributed by atoms with Gasteiger partial charge in [0.15, 0.2) is 12.7 Å². The molecule has 1 heterocycles. The second-order valence-corrected chi connectivity index (χ2v) is 13.5. The minimum Gasteiger partial charge on any atom is -0.447 e. The molecule has 0 spiro atoms. The van der Waals surface area contributed by atoms with Crippen molar-refractivity contribution in [3.05, 3.63) is 46.9 Å². The number of para-hydroxylation sites is 1. The lowest BCUT2D eigenvalue weighted by Crippen LogP contribution is -2.31. The van der Waals surface area contributed by atoms with Crippen molar-refractivity contribution in [1.82, 2.24) is 5.32 Å². The number of carbonyl (C=O) groups excluding carboxylic acids is 1. The highest BCUT2D eigenvalue weighted by Gasteiger charge is 2.27. The topological polar surface area (TPSA) is 107 Å². The summed E-state index contributed by atoms with van der Waals surface area (Å²) >= 11 is 1.55. The summed E-state index contributed by atoms with van der Waals surface area (Å²) in [4.78, 5) is 22.4. The molecule has 11 heteroatoms. The molecule has 0 saturated carbocycles. The number of hydrogen-bond donors (Lipinski definition) is 2. The number of hydrogen-bond acceptors (Lipinski definition) is 7. The first-order chi connectivity index (χ1) is 21.4. The molecule has 0 aliphatic carbocycles. The highest BCUT2D eigenvalue weighted by atomic mass is 32.1. The zero-order valence-corrected chi connectivity index (χ0v) is 28.7. The van der Waals surface area contributed by atoms with Gasteiger partial charge < -0.3 is 19.3 Å². The van der Waals surface area contributed by atoms with Gasteiger partial charge in [-0.15, -0.1) is 0 Å². The molecular formula is C33H56N2O7PS+. The number of aromatic nitrogens is 1. The number of alkyl carbamates (subject to hydrolysis) is 1. The van der Waals surface area contributed by atoms with E-state index >= 15 is 0 Å². The van der Waals surface area contributed by atoms with Crippen LogP contribution in [0, 0.1) is 0 Å². The summed E-state index contributed by atoms with van der Waals surface area (Å²) in [6, 6.07) is 7.00. The first-order valence-corrected chi connectivity index (χ1v) is 19.0. The number of phosphoric ester groups is 1. The van der Waals surface area contributed by atoms with Crippen molar-refractivity contribution in [3.63, 3.8) is 0 Å². The highest BCUT2D eigenvalue weighted by molar-refractivity contribution is 7.47. The van der Waals surface area contributed by atoms with Crippen LogP contribution in [0.1, 0.15) is 115 Å². The third kappa shape index (κ3) is 18.7. The fourth-order valence-corrected chi connectivity index (χ4v) is 6.30. The van der Waals surface area contributed by atoms with E-state index in [1.54, 1.807) is 23.5 Å².